The standard InChI is InChI=1S/C59H59FN6O5/c1-37(68-6)35-70-56-61-53-47(55(62-56)64-32-45-29-44(64)33-65(45)57(67)71-58(3,4)5)30-46(40-27-28-40)52(54(53)69-36-39-19-11-7-12-20-39)51-38(2)49(60)31-50-48(51)34-66(63-50)59(41-21-13-8-14-22-41,42-23-15-9-16-24-42)43-25-17-10-18-26-43/h7-26,30-31,34,37,40,44-45H,27-29,32-33,35-36H2,1-6H3/t37-,44+,45+/m1/s1. The summed E-state index contributed by atoms with van der Waals surface area (Å²) in [4.78, 5) is 28.0. The third kappa shape index (κ3) is 8.51. The van der Waals surface area contributed by atoms with E-state index in [1.165, 1.54) is 0 Å². The summed E-state index contributed by atoms with van der Waals surface area (Å²) in [5.74, 6) is 1.02. The van der Waals surface area contributed by atoms with Crippen LogP contribution in [0.3, 0.4) is 0 Å². The third-order valence-electron chi connectivity index (χ3n) is 14.3. The fraction of sp³-hybridized carbons (Fsp3) is 0.322. The second-order valence-corrected chi connectivity index (χ2v) is 20.3. The Morgan fingerprint density at radius 2 is 1.39 bits per heavy atom. The van der Waals surface area contributed by atoms with Crippen molar-refractivity contribution in [2.45, 2.75) is 95.7 Å². The Morgan fingerprint density at radius 1 is 0.775 bits per heavy atom. The lowest BCUT2D eigenvalue weighted by Crippen LogP contribution is -2.50. The number of piperazine rings is 1. The van der Waals surface area contributed by atoms with Crippen LogP contribution in [0.25, 0.3) is 32.9 Å². The van der Waals surface area contributed by atoms with Gasteiger partial charge < -0.3 is 28.7 Å². The molecular weight excluding hydrogens is 892 g/mol. The molecule has 3 aliphatic rings. The molecule has 2 bridgehead atoms. The molecule has 4 heterocycles. The van der Waals surface area contributed by atoms with Crippen molar-refractivity contribution in [1.82, 2.24) is 24.6 Å². The summed E-state index contributed by atoms with van der Waals surface area (Å²) in [6.45, 7) is 10.9. The van der Waals surface area contributed by atoms with Gasteiger partial charge in [-0.1, -0.05) is 121 Å². The van der Waals surface area contributed by atoms with Crippen LogP contribution in [0.4, 0.5) is 15.0 Å². The SMILES string of the molecule is CO[C@H](C)COc1nc(N2C[C@@H]3C[C@H]2CN3C(=O)OC(C)(C)C)c2cc(C3CC3)c(-c3c(C)c(F)cc4nn(C(c5ccccc5)(c5ccccc5)c5ccccc5)cc34)c(OCc3ccccc3)c2n1. The molecule has 2 aromatic heterocycles. The van der Waals surface area contributed by atoms with Crippen LogP contribution in [0.5, 0.6) is 11.8 Å². The Hall–Kier alpha value is -7.31. The highest BCUT2D eigenvalue weighted by molar-refractivity contribution is 6.06. The van der Waals surface area contributed by atoms with Gasteiger partial charge in [-0.2, -0.15) is 15.1 Å². The van der Waals surface area contributed by atoms with Crippen LogP contribution in [0.1, 0.15) is 86.3 Å². The van der Waals surface area contributed by atoms with E-state index in [0.29, 0.717) is 46.8 Å². The van der Waals surface area contributed by atoms with Crippen molar-refractivity contribution in [1.29, 1.82) is 0 Å². The molecule has 8 aromatic rings. The van der Waals surface area contributed by atoms with Gasteiger partial charge in [0.1, 0.15) is 41.5 Å². The number of hydrogen-bond acceptors (Lipinski definition) is 9. The third-order valence-corrected chi connectivity index (χ3v) is 14.3. The highest BCUT2D eigenvalue weighted by atomic mass is 19.1. The van der Waals surface area contributed by atoms with Gasteiger partial charge >= 0.3 is 12.1 Å². The first-order chi connectivity index (χ1) is 34.4. The minimum absolute atomic E-state index is 0.0239. The Balaban J connectivity index is 1.17. The Bertz CT molecular complexity index is 3140. The molecule has 12 heteroatoms. The van der Waals surface area contributed by atoms with Crippen molar-refractivity contribution < 1.29 is 28.1 Å². The summed E-state index contributed by atoms with van der Waals surface area (Å²) >= 11 is 0. The van der Waals surface area contributed by atoms with Gasteiger partial charge in [0, 0.05) is 54.4 Å². The summed E-state index contributed by atoms with van der Waals surface area (Å²) in [5, 5.41) is 6.99. The zero-order valence-corrected chi connectivity index (χ0v) is 41.1. The molecule has 362 valence electrons. The van der Waals surface area contributed by atoms with E-state index in [1.807, 2.05) is 92.7 Å². The average Bonchev–Trinajstić information content (AvgIpc) is 3.82. The maximum Gasteiger partial charge on any atom is 0.410 e. The minimum Gasteiger partial charge on any atom is -0.486 e. The smallest absolute Gasteiger partial charge is 0.410 e. The molecule has 6 aromatic carbocycles. The highest BCUT2D eigenvalue weighted by Gasteiger charge is 2.48. The number of carbonyl (C=O) groups is 1. The molecule has 1 aliphatic carbocycles. The fourth-order valence-electron chi connectivity index (χ4n) is 10.7. The topological polar surface area (TPSA) is 104 Å². The highest BCUT2D eigenvalue weighted by Crippen LogP contribution is 2.54. The largest absolute Gasteiger partial charge is 0.486 e. The first-order valence-electron chi connectivity index (χ1n) is 24.7. The molecule has 0 spiro atoms. The van der Waals surface area contributed by atoms with E-state index in [-0.39, 0.29) is 55.2 Å². The van der Waals surface area contributed by atoms with Crippen molar-refractivity contribution >= 4 is 33.7 Å². The first kappa shape index (κ1) is 46.1. The van der Waals surface area contributed by atoms with Gasteiger partial charge in [0.15, 0.2) is 5.75 Å². The van der Waals surface area contributed by atoms with Crippen LogP contribution in [-0.4, -0.2) is 81.3 Å². The van der Waals surface area contributed by atoms with E-state index in [9.17, 15) is 4.79 Å². The molecule has 3 atom stereocenters. The molecular formula is C59H59FN6O5. The Kier molecular flexibility index (Phi) is 12.0. The molecule has 0 radical (unpaired) electrons. The van der Waals surface area contributed by atoms with E-state index >= 15 is 4.39 Å². The van der Waals surface area contributed by atoms with Crippen molar-refractivity contribution in [3.8, 4) is 22.9 Å². The van der Waals surface area contributed by atoms with Crippen LogP contribution < -0.4 is 14.4 Å². The Morgan fingerprint density at radius 3 is 1.96 bits per heavy atom. The number of carbonyl (C=O) groups excluding carboxylic acids is 1. The van der Waals surface area contributed by atoms with Crippen molar-refractivity contribution in [2.75, 3.05) is 31.7 Å². The number of likely N-dealkylation sites (tertiary alicyclic amines) is 1. The van der Waals surface area contributed by atoms with Crippen molar-refractivity contribution in [3.05, 3.63) is 179 Å². The van der Waals surface area contributed by atoms with Crippen LogP contribution >= 0.6 is 0 Å². The number of methoxy groups -OCH3 is 1. The molecule has 11 rings (SSSR count). The van der Waals surface area contributed by atoms with Gasteiger partial charge in [-0.3, -0.25) is 4.68 Å². The van der Waals surface area contributed by atoms with E-state index in [4.69, 9.17) is 34.0 Å². The number of halogens is 1. The number of rotatable bonds is 14. The van der Waals surface area contributed by atoms with E-state index in [1.54, 1.807) is 13.2 Å². The minimum atomic E-state index is -0.943. The lowest BCUT2D eigenvalue weighted by atomic mass is 9.77. The van der Waals surface area contributed by atoms with Gasteiger partial charge in [-0.15, -0.1) is 0 Å². The van der Waals surface area contributed by atoms with Crippen LogP contribution in [0.2, 0.25) is 0 Å². The van der Waals surface area contributed by atoms with Gasteiger partial charge in [0.25, 0.3) is 0 Å². The maximum atomic E-state index is 17.1. The molecule has 1 amide bonds. The molecule has 1 saturated carbocycles. The van der Waals surface area contributed by atoms with Crippen LogP contribution in [0.15, 0.2) is 140 Å². The summed E-state index contributed by atoms with van der Waals surface area (Å²) in [5.41, 5.74) is 6.48. The first-order valence-corrected chi connectivity index (χ1v) is 24.7. The lowest BCUT2D eigenvalue weighted by molar-refractivity contribution is 0.0214. The van der Waals surface area contributed by atoms with E-state index in [2.05, 4.69) is 90.0 Å². The number of fused-ring (bicyclic) bond motifs is 4. The number of ether oxygens (including phenoxy) is 4. The number of benzene rings is 6. The zero-order chi connectivity index (χ0) is 49.0. The zero-order valence-electron chi connectivity index (χ0n) is 41.1. The number of anilines is 1. The average molecular weight is 951 g/mol. The van der Waals surface area contributed by atoms with Gasteiger partial charge in [-0.05, 0) is 99.2 Å². The molecule has 0 N–H and O–H groups in total. The summed E-state index contributed by atoms with van der Waals surface area (Å²) in [6.07, 6.45) is 4.23. The van der Waals surface area contributed by atoms with Crippen molar-refractivity contribution in [3.63, 3.8) is 0 Å². The normalized spacial score (nSPS) is 17.3. The molecule has 11 nitrogen and oxygen atoms in total. The predicted octanol–water partition coefficient (Wildman–Crippen LogP) is 12.0. The lowest BCUT2D eigenvalue weighted by Gasteiger charge is -2.36. The number of nitrogens with zero attached hydrogens (tertiary/aromatic N) is 6. The number of amides is 1. The molecule has 71 heavy (non-hydrogen) atoms. The molecule has 3 fully saturated rings. The summed E-state index contributed by atoms with van der Waals surface area (Å²) in [7, 11) is 1.65. The van der Waals surface area contributed by atoms with Crippen LogP contribution in [-0.2, 0) is 21.6 Å². The second kappa shape index (κ2) is 18.5. The molecule has 2 aliphatic heterocycles. The number of aromatic nitrogens is 4. The summed E-state index contributed by atoms with van der Waals surface area (Å²) < 4.78 is 44.2. The van der Waals surface area contributed by atoms with E-state index in [0.717, 1.165) is 63.4 Å². The van der Waals surface area contributed by atoms with Gasteiger partial charge in [0.2, 0.25) is 0 Å². The summed E-state index contributed by atoms with van der Waals surface area (Å²) in [6, 6.07) is 45.1. The quantitative estimate of drug-likeness (QED) is 0.0986. The fourth-order valence-corrected chi connectivity index (χ4v) is 10.7. The van der Waals surface area contributed by atoms with Crippen LogP contribution in [0, 0.1) is 12.7 Å². The Labute approximate surface area is 414 Å². The maximum absolute atomic E-state index is 17.1. The monoisotopic (exact) mass is 950 g/mol. The van der Waals surface area contributed by atoms with Gasteiger partial charge in [-0.25, -0.2) is 9.18 Å². The van der Waals surface area contributed by atoms with Crippen molar-refractivity contribution in [2.24, 2.45) is 0 Å². The predicted molar refractivity (Wildman–Crippen MR) is 275 cm³/mol. The van der Waals surface area contributed by atoms with Gasteiger partial charge in [0.05, 0.1) is 23.7 Å². The molecule has 2 saturated heterocycles. The second-order valence-electron chi connectivity index (χ2n) is 20.3. The molecule has 0 unspecified atom stereocenters. The van der Waals surface area contributed by atoms with E-state index < -0.39 is 11.1 Å². The number of hydrogen-bond donors (Lipinski definition) is 0.